The highest BCUT2D eigenvalue weighted by Crippen LogP contribution is 2.41. The van der Waals surface area contributed by atoms with Crippen molar-refractivity contribution in [3.63, 3.8) is 0 Å². The highest BCUT2D eigenvalue weighted by molar-refractivity contribution is 7.99. The maximum absolute atomic E-state index is 11.0. The lowest BCUT2D eigenvalue weighted by atomic mass is 10.3. The molecule has 19 heavy (non-hydrogen) atoms. The van der Waals surface area contributed by atoms with Gasteiger partial charge in [0.05, 0.1) is 0 Å². The van der Waals surface area contributed by atoms with E-state index in [1.54, 1.807) is 18.7 Å². The second-order valence-corrected chi connectivity index (χ2v) is 6.42. The summed E-state index contributed by atoms with van der Waals surface area (Å²) in [4.78, 5) is 17.0. The van der Waals surface area contributed by atoms with Crippen LogP contribution in [0.3, 0.4) is 0 Å². The van der Waals surface area contributed by atoms with Crippen molar-refractivity contribution < 1.29 is 14.6 Å². The average molecular weight is 293 g/mol. The molecule has 0 bridgehead atoms. The molecule has 0 saturated heterocycles. The number of carbonyl (C=O) groups is 1. The fourth-order valence-electron chi connectivity index (χ4n) is 1.89. The van der Waals surface area contributed by atoms with Crippen molar-refractivity contribution in [2.24, 2.45) is 0 Å². The third kappa shape index (κ3) is 2.33. The van der Waals surface area contributed by atoms with Crippen LogP contribution in [0, 0.1) is 6.92 Å². The number of para-hydroxylation sites is 1. The maximum Gasteiger partial charge on any atom is 0.355 e. The summed E-state index contributed by atoms with van der Waals surface area (Å²) >= 11 is 3.10. The minimum absolute atomic E-state index is 0.132. The summed E-state index contributed by atoms with van der Waals surface area (Å²) < 4.78 is 5.90. The molecule has 1 unspecified atom stereocenters. The zero-order valence-electron chi connectivity index (χ0n) is 10.1. The molecule has 6 heteroatoms. The van der Waals surface area contributed by atoms with Gasteiger partial charge < -0.3 is 9.84 Å². The molecule has 1 aliphatic rings. The van der Waals surface area contributed by atoms with Crippen molar-refractivity contribution in [2.45, 2.75) is 17.9 Å². The van der Waals surface area contributed by atoms with E-state index < -0.39 is 5.97 Å². The summed E-state index contributed by atoms with van der Waals surface area (Å²) in [6, 6.07) is 7.85. The first-order valence-electron chi connectivity index (χ1n) is 5.74. The summed E-state index contributed by atoms with van der Waals surface area (Å²) in [5.74, 6) is 0.612. The van der Waals surface area contributed by atoms with Gasteiger partial charge in [-0.3, -0.25) is 0 Å². The van der Waals surface area contributed by atoms with Crippen molar-refractivity contribution in [3.8, 4) is 5.75 Å². The molecule has 1 N–H and O–H groups in total. The van der Waals surface area contributed by atoms with E-state index in [9.17, 15) is 4.79 Å². The molecule has 1 aromatic heterocycles. The number of hydrogen-bond donors (Lipinski definition) is 1. The number of fused-ring (bicyclic) bond motifs is 1. The van der Waals surface area contributed by atoms with Gasteiger partial charge in [-0.05, 0) is 19.1 Å². The highest BCUT2D eigenvalue weighted by atomic mass is 32.2. The van der Waals surface area contributed by atoms with Crippen molar-refractivity contribution in [1.82, 2.24) is 4.98 Å². The Labute approximate surface area is 118 Å². The number of aromatic carboxylic acids is 1. The number of nitrogens with zero attached hydrogens (tertiary/aromatic N) is 1. The van der Waals surface area contributed by atoms with Crippen LogP contribution >= 0.6 is 23.1 Å². The maximum atomic E-state index is 11.0. The Morgan fingerprint density at radius 1 is 1.47 bits per heavy atom. The molecule has 0 amide bonds. The normalized spacial score (nSPS) is 17.6. The van der Waals surface area contributed by atoms with Crippen LogP contribution in [0.1, 0.15) is 26.5 Å². The molecule has 0 radical (unpaired) electrons. The Morgan fingerprint density at radius 3 is 3.00 bits per heavy atom. The van der Waals surface area contributed by atoms with Gasteiger partial charge in [0.1, 0.15) is 10.8 Å². The number of thiazole rings is 1. The van der Waals surface area contributed by atoms with Gasteiger partial charge in [-0.15, -0.1) is 23.1 Å². The molecule has 1 aromatic carbocycles. The van der Waals surface area contributed by atoms with Crippen LogP contribution in [0.2, 0.25) is 0 Å². The minimum atomic E-state index is -0.983. The second-order valence-electron chi connectivity index (χ2n) is 4.13. The van der Waals surface area contributed by atoms with Crippen LogP contribution in [0.4, 0.5) is 0 Å². The molecular weight excluding hydrogens is 282 g/mol. The van der Waals surface area contributed by atoms with E-state index in [2.05, 4.69) is 4.98 Å². The Kier molecular flexibility index (Phi) is 3.20. The zero-order chi connectivity index (χ0) is 13.4. The molecule has 0 saturated carbocycles. The van der Waals surface area contributed by atoms with Gasteiger partial charge in [0.15, 0.2) is 11.8 Å². The third-order valence-corrected chi connectivity index (χ3v) is 4.98. The summed E-state index contributed by atoms with van der Waals surface area (Å²) in [5.41, 5.74) is 0.132. The van der Waals surface area contributed by atoms with E-state index in [1.807, 2.05) is 24.3 Å². The smallest absolute Gasteiger partial charge is 0.355 e. The van der Waals surface area contributed by atoms with E-state index in [-0.39, 0.29) is 11.8 Å². The fraction of sp³-hybridized carbons (Fsp3) is 0.231. The number of rotatable bonds is 2. The molecule has 2 aromatic rings. The van der Waals surface area contributed by atoms with Crippen molar-refractivity contribution in [2.75, 3.05) is 5.75 Å². The van der Waals surface area contributed by atoms with Gasteiger partial charge >= 0.3 is 5.97 Å². The number of hydrogen-bond acceptors (Lipinski definition) is 5. The van der Waals surface area contributed by atoms with Crippen LogP contribution in [0.25, 0.3) is 0 Å². The molecular formula is C13H11NO3S2. The lowest BCUT2D eigenvalue weighted by Crippen LogP contribution is -2.14. The van der Waals surface area contributed by atoms with Gasteiger partial charge in [-0.25, -0.2) is 9.78 Å². The van der Waals surface area contributed by atoms with Crippen molar-refractivity contribution >= 4 is 29.1 Å². The SMILES string of the molecule is Cc1sc(C2CSc3ccccc3O2)nc1C(=O)O. The Morgan fingerprint density at radius 2 is 2.26 bits per heavy atom. The molecule has 0 spiro atoms. The first-order chi connectivity index (χ1) is 9.15. The van der Waals surface area contributed by atoms with Crippen LogP contribution in [0.5, 0.6) is 5.75 Å². The molecule has 3 rings (SSSR count). The minimum Gasteiger partial charge on any atom is -0.481 e. The Hall–Kier alpha value is -1.53. The Balaban J connectivity index is 1.89. The monoisotopic (exact) mass is 293 g/mol. The van der Waals surface area contributed by atoms with Gasteiger partial charge in [0.2, 0.25) is 0 Å². The predicted molar refractivity (Wildman–Crippen MR) is 74.3 cm³/mol. The van der Waals surface area contributed by atoms with Gasteiger partial charge in [0, 0.05) is 15.5 Å². The van der Waals surface area contributed by atoms with E-state index in [0.717, 1.165) is 26.3 Å². The molecule has 4 nitrogen and oxygen atoms in total. The van der Waals surface area contributed by atoms with Gasteiger partial charge in [-0.1, -0.05) is 12.1 Å². The topological polar surface area (TPSA) is 59.4 Å². The van der Waals surface area contributed by atoms with Crippen LogP contribution in [0.15, 0.2) is 29.2 Å². The van der Waals surface area contributed by atoms with Crippen LogP contribution in [-0.2, 0) is 0 Å². The van der Waals surface area contributed by atoms with Crippen LogP contribution < -0.4 is 4.74 Å². The second kappa shape index (κ2) is 4.86. The number of aromatic nitrogens is 1. The lowest BCUT2D eigenvalue weighted by molar-refractivity contribution is 0.0690. The standard InChI is InChI=1S/C13H11NO3S2/c1-7-11(13(15)16)14-12(19-7)9-6-18-10-5-3-2-4-8(10)17-9/h2-5,9H,6H2,1H3,(H,15,16). The Bertz CT molecular complexity index is 639. The van der Waals surface area contributed by atoms with E-state index in [4.69, 9.17) is 9.84 Å². The highest BCUT2D eigenvalue weighted by Gasteiger charge is 2.26. The van der Waals surface area contributed by atoms with E-state index in [1.165, 1.54) is 11.3 Å². The van der Waals surface area contributed by atoms with Gasteiger partial charge in [-0.2, -0.15) is 0 Å². The molecule has 0 aliphatic carbocycles. The predicted octanol–water partition coefficient (Wildman–Crippen LogP) is 3.38. The average Bonchev–Trinajstić information content (AvgIpc) is 2.80. The first kappa shape index (κ1) is 12.5. The van der Waals surface area contributed by atoms with E-state index >= 15 is 0 Å². The first-order valence-corrected chi connectivity index (χ1v) is 7.54. The molecule has 2 heterocycles. The number of carboxylic acids is 1. The summed E-state index contributed by atoms with van der Waals surface area (Å²) in [7, 11) is 0. The van der Waals surface area contributed by atoms with Crippen molar-refractivity contribution in [1.29, 1.82) is 0 Å². The number of benzene rings is 1. The van der Waals surface area contributed by atoms with Crippen LogP contribution in [-0.4, -0.2) is 21.8 Å². The molecule has 0 fully saturated rings. The summed E-state index contributed by atoms with van der Waals surface area (Å²) in [6.45, 7) is 1.77. The quantitative estimate of drug-likeness (QED) is 0.920. The molecule has 98 valence electrons. The third-order valence-electron chi connectivity index (χ3n) is 2.80. The molecule has 1 aliphatic heterocycles. The zero-order valence-corrected chi connectivity index (χ0v) is 11.8. The summed E-state index contributed by atoms with van der Waals surface area (Å²) in [6.07, 6.45) is -0.170. The largest absolute Gasteiger partial charge is 0.481 e. The lowest BCUT2D eigenvalue weighted by Gasteiger charge is -2.23. The van der Waals surface area contributed by atoms with Gasteiger partial charge in [0.25, 0.3) is 0 Å². The van der Waals surface area contributed by atoms with E-state index in [0.29, 0.717) is 0 Å². The molecule has 1 atom stereocenters. The van der Waals surface area contributed by atoms with Crippen molar-refractivity contribution in [3.05, 3.63) is 39.8 Å². The number of aryl methyl sites for hydroxylation is 1. The number of ether oxygens (including phenoxy) is 1. The summed E-state index contributed by atoms with van der Waals surface area (Å²) in [5, 5.41) is 9.77. The number of carboxylic acid groups (broad SMARTS) is 1. The number of thioether (sulfide) groups is 1. The fourth-order valence-corrected chi connectivity index (χ4v) is 3.93.